The molecule has 3 rings (SSSR count). The number of nitrogens with one attached hydrogen (secondary N) is 1. The van der Waals surface area contributed by atoms with Crippen LogP contribution in [0.1, 0.15) is 37.3 Å². The van der Waals surface area contributed by atoms with Gasteiger partial charge in [-0.25, -0.2) is 0 Å². The molecule has 2 aromatic rings. The van der Waals surface area contributed by atoms with E-state index < -0.39 is 0 Å². The number of hydrogen-bond donors (Lipinski definition) is 1. The Labute approximate surface area is 141 Å². The molecule has 24 heavy (non-hydrogen) atoms. The second-order valence-electron chi connectivity index (χ2n) is 6.49. The van der Waals surface area contributed by atoms with Crippen LogP contribution >= 0.6 is 0 Å². The minimum Gasteiger partial charge on any atom is -0.469 e. The van der Waals surface area contributed by atoms with Crippen LogP contribution in [0.4, 0.5) is 0 Å². The van der Waals surface area contributed by atoms with Crippen LogP contribution in [-0.2, 0) is 9.53 Å². The Hall–Kier alpha value is -2.21. The van der Waals surface area contributed by atoms with Gasteiger partial charge in [-0.3, -0.25) is 4.79 Å². The quantitative estimate of drug-likeness (QED) is 0.862. The molecule has 1 atom stereocenters. The third-order valence-corrected chi connectivity index (χ3v) is 4.85. The van der Waals surface area contributed by atoms with Gasteiger partial charge in [0.15, 0.2) is 6.04 Å². The summed E-state index contributed by atoms with van der Waals surface area (Å²) in [4.78, 5) is 13.0. The van der Waals surface area contributed by atoms with Crippen molar-refractivity contribution in [1.82, 2.24) is 10.2 Å². The molecule has 0 amide bonds. The lowest BCUT2D eigenvalue weighted by Gasteiger charge is -2.30. The fraction of sp³-hybridized carbons (Fsp3) is 0.500. The molecule has 1 saturated heterocycles. The van der Waals surface area contributed by atoms with Crippen molar-refractivity contribution in [1.29, 1.82) is 0 Å². The van der Waals surface area contributed by atoms with Crippen LogP contribution in [0.2, 0.25) is 0 Å². The van der Waals surface area contributed by atoms with E-state index in [1.807, 2.05) is 31.2 Å². The van der Waals surface area contributed by atoms with Crippen molar-refractivity contribution in [3.05, 3.63) is 35.7 Å². The first-order valence-electron chi connectivity index (χ1n) is 8.41. The lowest BCUT2D eigenvalue weighted by molar-refractivity contribution is -0.936. The summed E-state index contributed by atoms with van der Waals surface area (Å²) in [6, 6.07) is 8.16. The second kappa shape index (κ2) is 7.13. The van der Waals surface area contributed by atoms with Crippen molar-refractivity contribution in [3.63, 3.8) is 0 Å². The molecular weight excluding hydrogens is 306 g/mol. The standard InChI is InChI=1S/C18H23N3O3/c1-12-5-4-6-15(11-12)17-20-19-16(24-17)13(2)21-9-7-14(8-10-21)18(22)23-3/h4-6,11,13-14H,7-10H2,1-3H3/p+1/t13-/m1/s1. The normalized spacial score (nSPS) is 22.1. The van der Waals surface area contributed by atoms with Gasteiger partial charge in [-0.05, 0) is 26.0 Å². The Bertz CT molecular complexity index is 705. The third kappa shape index (κ3) is 3.48. The van der Waals surface area contributed by atoms with Gasteiger partial charge >= 0.3 is 5.97 Å². The zero-order chi connectivity index (χ0) is 17.1. The number of rotatable bonds is 4. The smallest absolute Gasteiger partial charge is 0.309 e. The number of esters is 1. The summed E-state index contributed by atoms with van der Waals surface area (Å²) < 4.78 is 10.7. The average molecular weight is 330 g/mol. The average Bonchev–Trinajstić information content (AvgIpc) is 3.10. The van der Waals surface area contributed by atoms with E-state index in [9.17, 15) is 4.79 Å². The molecule has 0 unspecified atom stereocenters. The zero-order valence-electron chi connectivity index (χ0n) is 14.4. The number of quaternary nitrogens is 1. The summed E-state index contributed by atoms with van der Waals surface area (Å²) in [7, 11) is 1.45. The largest absolute Gasteiger partial charge is 0.469 e. The Morgan fingerprint density at radius 3 is 2.75 bits per heavy atom. The summed E-state index contributed by atoms with van der Waals surface area (Å²) >= 11 is 0. The molecule has 1 aliphatic rings. The highest BCUT2D eigenvalue weighted by Crippen LogP contribution is 2.21. The van der Waals surface area contributed by atoms with Gasteiger partial charge in [0.25, 0.3) is 5.89 Å². The number of hydrogen-bond acceptors (Lipinski definition) is 5. The van der Waals surface area contributed by atoms with Crippen LogP contribution in [0.25, 0.3) is 11.5 Å². The maximum atomic E-state index is 11.6. The number of likely N-dealkylation sites (tertiary alicyclic amines) is 1. The minimum atomic E-state index is -0.0961. The fourth-order valence-electron chi connectivity index (χ4n) is 3.30. The SMILES string of the molecule is COC(=O)C1CC[NH+]([C@H](C)c2nnc(-c3cccc(C)c3)o2)CC1. The van der Waals surface area contributed by atoms with Crippen LogP contribution in [0.15, 0.2) is 28.7 Å². The number of carbonyl (C=O) groups is 1. The van der Waals surface area contributed by atoms with E-state index in [-0.39, 0.29) is 17.9 Å². The Kier molecular flexibility index (Phi) is 4.94. The number of nitrogens with zero attached hydrogens (tertiary/aromatic N) is 2. The highest BCUT2D eigenvalue weighted by atomic mass is 16.5. The molecule has 6 nitrogen and oxygen atoms in total. The van der Waals surface area contributed by atoms with Crippen molar-refractivity contribution >= 4 is 5.97 Å². The van der Waals surface area contributed by atoms with E-state index in [0.717, 1.165) is 37.1 Å². The summed E-state index contributed by atoms with van der Waals surface area (Å²) in [5.74, 6) is 1.14. The molecule has 1 aliphatic heterocycles. The monoisotopic (exact) mass is 330 g/mol. The van der Waals surface area contributed by atoms with Gasteiger partial charge in [0.1, 0.15) is 0 Å². The molecule has 0 bridgehead atoms. The first kappa shape index (κ1) is 16.6. The first-order valence-corrected chi connectivity index (χ1v) is 8.41. The number of ether oxygens (including phenoxy) is 1. The first-order chi connectivity index (χ1) is 11.6. The minimum absolute atomic E-state index is 0.0245. The number of piperidine rings is 1. The predicted molar refractivity (Wildman–Crippen MR) is 88.3 cm³/mol. The summed E-state index contributed by atoms with van der Waals surface area (Å²) in [6.07, 6.45) is 1.68. The predicted octanol–water partition coefficient (Wildman–Crippen LogP) is 1.57. The van der Waals surface area contributed by atoms with Crippen LogP contribution < -0.4 is 4.90 Å². The van der Waals surface area contributed by atoms with Crippen molar-refractivity contribution < 1.29 is 18.8 Å². The molecule has 0 aliphatic carbocycles. The van der Waals surface area contributed by atoms with E-state index in [0.29, 0.717) is 11.8 Å². The van der Waals surface area contributed by atoms with E-state index >= 15 is 0 Å². The van der Waals surface area contributed by atoms with Crippen molar-refractivity contribution in [2.45, 2.75) is 32.7 Å². The summed E-state index contributed by atoms with van der Waals surface area (Å²) in [5, 5.41) is 8.43. The Balaban J connectivity index is 1.66. The molecule has 1 aromatic carbocycles. The van der Waals surface area contributed by atoms with Gasteiger partial charge in [-0.1, -0.05) is 17.7 Å². The van der Waals surface area contributed by atoms with Gasteiger partial charge < -0.3 is 14.1 Å². The van der Waals surface area contributed by atoms with Gasteiger partial charge in [-0.2, -0.15) is 0 Å². The zero-order valence-corrected chi connectivity index (χ0v) is 14.4. The van der Waals surface area contributed by atoms with Gasteiger partial charge in [0, 0.05) is 18.4 Å². The van der Waals surface area contributed by atoms with Crippen LogP contribution in [0.5, 0.6) is 0 Å². The van der Waals surface area contributed by atoms with E-state index in [2.05, 4.69) is 17.1 Å². The summed E-state index contributed by atoms with van der Waals surface area (Å²) in [6.45, 7) is 5.95. The molecule has 1 aromatic heterocycles. The van der Waals surface area contributed by atoms with Crippen molar-refractivity contribution in [3.8, 4) is 11.5 Å². The molecule has 6 heteroatoms. The number of methoxy groups -OCH3 is 1. The van der Waals surface area contributed by atoms with Crippen molar-refractivity contribution in [2.24, 2.45) is 5.92 Å². The Morgan fingerprint density at radius 2 is 2.08 bits per heavy atom. The number of benzene rings is 1. The molecule has 0 saturated carbocycles. The van der Waals surface area contributed by atoms with Crippen molar-refractivity contribution in [2.75, 3.05) is 20.2 Å². The lowest BCUT2D eigenvalue weighted by Crippen LogP contribution is -3.13. The van der Waals surface area contributed by atoms with Crippen LogP contribution in [0, 0.1) is 12.8 Å². The topological polar surface area (TPSA) is 69.7 Å². The number of carbonyl (C=O) groups excluding carboxylic acids is 1. The molecule has 1 fully saturated rings. The highest BCUT2D eigenvalue weighted by molar-refractivity contribution is 5.72. The van der Waals surface area contributed by atoms with E-state index in [4.69, 9.17) is 9.15 Å². The van der Waals surface area contributed by atoms with E-state index in [1.54, 1.807) is 0 Å². The second-order valence-corrected chi connectivity index (χ2v) is 6.49. The fourth-order valence-corrected chi connectivity index (χ4v) is 3.30. The lowest BCUT2D eigenvalue weighted by atomic mass is 9.96. The summed E-state index contributed by atoms with van der Waals surface area (Å²) in [5.41, 5.74) is 2.11. The van der Waals surface area contributed by atoms with Gasteiger partial charge in [-0.15, -0.1) is 10.2 Å². The Morgan fingerprint density at radius 1 is 1.33 bits per heavy atom. The van der Waals surface area contributed by atoms with E-state index in [1.165, 1.54) is 12.0 Å². The third-order valence-electron chi connectivity index (χ3n) is 4.85. The maximum Gasteiger partial charge on any atom is 0.309 e. The number of aromatic nitrogens is 2. The molecule has 0 radical (unpaired) electrons. The number of aryl methyl sites for hydroxylation is 1. The maximum absolute atomic E-state index is 11.6. The molecule has 128 valence electrons. The van der Waals surface area contributed by atoms with Crippen LogP contribution in [-0.4, -0.2) is 36.4 Å². The molecule has 2 heterocycles. The highest BCUT2D eigenvalue weighted by Gasteiger charge is 2.33. The molecule has 0 spiro atoms. The molecule has 1 N–H and O–H groups in total. The van der Waals surface area contributed by atoms with Gasteiger partial charge in [0.05, 0.1) is 26.1 Å². The molecular formula is C18H24N3O3+. The van der Waals surface area contributed by atoms with Gasteiger partial charge in [0.2, 0.25) is 5.89 Å². The van der Waals surface area contributed by atoms with Crippen LogP contribution in [0.3, 0.4) is 0 Å².